The number of carbonyl (C=O) groups is 1. The molecule has 1 aliphatic carbocycles. The Morgan fingerprint density at radius 1 is 1.00 bits per heavy atom. The van der Waals surface area contributed by atoms with E-state index in [1.165, 1.54) is 40.7 Å². The van der Waals surface area contributed by atoms with E-state index in [0.717, 1.165) is 18.4 Å². The second-order valence-electron chi connectivity index (χ2n) is 6.75. The van der Waals surface area contributed by atoms with Gasteiger partial charge in [-0.25, -0.2) is 0 Å². The van der Waals surface area contributed by atoms with Crippen LogP contribution in [0.2, 0.25) is 0 Å². The molecule has 0 radical (unpaired) electrons. The number of nitrogens with one attached hydrogen (secondary N) is 1. The van der Waals surface area contributed by atoms with E-state index in [1.54, 1.807) is 0 Å². The van der Waals surface area contributed by atoms with Crippen LogP contribution >= 0.6 is 0 Å². The molecule has 2 aromatic rings. The molecule has 0 aliphatic heterocycles. The van der Waals surface area contributed by atoms with Crippen molar-refractivity contribution in [3.05, 3.63) is 69.8 Å². The zero-order valence-electron chi connectivity index (χ0n) is 14.3. The standard InChI is InChI=1S/C21H25NO/c1-14-8-9-15(2)20(12-14)16(3)22-21(23)19-11-10-17-6-4-5-7-18(17)13-19/h8-13,16H,4-7H2,1-3H3,(H,22,23). The minimum Gasteiger partial charge on any atom is -0.346 e. The lowest BCUT2D eigenvalue weighted by Crippen LogP contribution is -2.27. The van der Waals surface area contributed by atoms with Crippen LogP contribution in [-0.4, -0.2) is 5.91 Å². The van der Waals surface area contributed by atoms with E-state index in [-0.39, 0.29) is 11.9 Å². The zero-order chi connectivity index (χ0) is 16.4. The first kappa shape index (κ1) is 15.8. The van der Waals surface area contributed by atoms with Crippen molar-refractivity contribution in [1.29, 1.82) is 0 Å². The molecule has 1 amide bonds. The van der Waals surface area contributed by atoms with E-state index in [4.69, 9.17) is 0 Å². The van der Waals surface area contributed by atoms with Gasteiger partial charge in [-0.15, -0.1) is 0 Å². The SMILES string of the molecule is Cc1ccc(C)c(C(C)NC(=O)c2ccc3c(c2)CCCC3)c1. The molecule has 0 heterocycles. The minimum atomic E-state index is 0.0124. The van der Waals surface area contributed by atoms with Gasteiger partial charge < -0.3 is 5.32 Å². The average molecular weight is 307 g/mol. The predicted octanol–water partition coefficient (Wildman–Crippen LogP) is 4.67. The smallest absolute Gasteiger partial charge is 0.251 e. The molecule has 0 fully saturated rings. The normalized spacial score (nSPS) is 14.9. The monoisotopic (exact) mass is 307 g/mol. The Hall–Kier alpha value is -2.09. The fraction of sp³-hybridized carbons (Fsp3) is 0.381. The molecule has 0 aromatic heterocycles. The minimum absolute atomic E-state index is 0.0124. The van der Waals surface area contributed by atoms with E-state index < -0.39 is 0 Å². The molecule has 1 unspecified atom stereocenters. The third-order valence-electron chi connectivity index (χ3n) is 4.86. The van der Waals surface area contributed by atoms with Crippen molar-refractivity contribution in [2.24, 2.45) is 0 Å². The third kappa shape index (κ3) is 3.47. The first-order valence-electron chi connectivity index (χ1n) is 8.54. The number of fused-ring (bicyclic) bond motifs is 1. The summed E-state index contributed by atoms with van der Waals surface area (Å²) in [6.45, 7) is 6.23. The molecule has 2 aromatic carbocycles. The maximum absolute atomic E-state index is 12.6. The quantitative estimate of drug-likeness (QED) is 0.877. The van der Waals surface area contributed by atoms with Crippen LogP contribution in [0.5, 0.6) is 0 Å². The molecular formula is C21H25NO. The molecule has 0 bridgehead atoms. The maximum atomic E-state index is 12.6. The maximum Gasteiger partial charge on any atom is 0.251 e. The van der Waals surface area contributed by atoms with Crippen LogP contribution in [-0.2, 0) is 12.8 Å². The molecule has 2 heteroatoms. The van der Waals surface area contributed by atoms with Gasteiger partial charge in [0.15, 0.2) is 0 Å². The number of benzene rings is 2. The summed E-state index contributed by atoms with van der Waals surface area (Å²) in [7, 11) is 0. The van der Waals surface area contributed by atoms with Crippen LogP contribution in [0.1, 0.15) is 64.0 Å². The van der Waals surface area contributed by atoms with Gasteiger partial charge in [0, 0.05) is 5.56 Å². The van der Waals surface area contributed by atoms with E-state index in [9.17, 15) is 4.79 Å². The lowest BCUT2D eigenvalue weighted by atomic mass is 9.90. The fourth-order valence-electron chi connectivity index (χ4n) is 3.46. The Balaban J connectivity index is 1.77. The molecule has 1 N–H and O–H groups in total. The van der Waals surface area contributed by atoms with Gasteiger partial charge >= 0.3 is 0 Å². The summed E-state index contributed by atoms with van der Waals surface area (Å²) in [5.41, 5.74) is 7.17. The largest absolute Gasteiger partial charge is 0.346 e. The van der Waals surface area contributed by atoms with Crippen LogP contribution < -0.4 is 5.32 Å². The van der Waals surface area contributed by atoms with Gasteiger partial charge in [-0.2, -0.15) is 0 Å². The lowest BCUT2D eigenvalue weighted by Gasteiger charge is -2.19. The van der Waals surface area contributed by atoms with Crippen LogP contribution in [0.25, 0.3) is 0 Å². The number of amides is 1. The Kier molecular flexibility index (Phi) is 4.51. The molecule has 3 rings (SSSR count). The third-order valence-corrected chi connectivity index (χ3v) is 4.86. The van der Waals surface area contributed by atoms with Gasteiger partial charge in [0.05, 0.1) is 6.04 Å². The summed E-state index contributed by atoms with van der Waals surface area (Å²) in [6, 6.07) is 12.6. The average Bonchev–Trinajstić information content (AvgIpc) is 2.56. The van der Waals surface area contributed by atoms with Crippen LogP contribution in [0, 0.1) is 13.8 Å². The van der Waals surface area contributed by atoms with Gasteiger partial charge in [0.1, 0.15) is 0 Å². The van der Waals surface area contributed by atoms with Crippen molar-refractivity contribution in [2.75, 3.05) is 0 Å². The van der Waals surface area contributed by atoms with Gasteiger partial charge in [-0.1, -0.05) is 29.8 Å². The highest BCUT2D eigenvalue weighted by atomic mass is 16.1. The summed E-state index contributed by atoms with van der Waals surface area (Å²) < 4.78 is 0. The molecule has 1 atom stereocenters. The first-order chi connectivity index (χ1) is 11.0. The predicted molar refractivity (Wildman–Crippen MR) is 94.9 cm³/mol. The molecule has 120 valence electrons. The van der Waals surface area contributed by atoms with E-state index in [2.05, 4.69) is 56.4 Å². The topological polar surface area (TPSA) is 29.1 Å². The summed E-state index contributed by atoms with van der Waals surface area (Å²) in [5, 5.41) is 3.15. The van der Waals surface area contributed by atoms with Crippen LogP contribution in [0.3, 0.4) is 0 Å². The van der Waals surface area contributed by atoms with Gasteiger partial charge in [-0.3, -0.25) is 4.79 Å². The number of carbonyl (C=O) groups excluding carboxylic acids is 1. The zero-order valence-corrected chi connectivity index (χ0v) is 14.3. The summed E-state index contributed by atoms with van der Waals surface area (Å²) in [4.78, 5) is 12.6. The summed E-state index contributed by atoms with van der Waals surface area (Å²) in [5.74, 6) is 0.0202. The van der Waals surface area contributed by atoms with Crippen molar-refractivity contribution in [1.82, 2.24) is 5.32 Å². The molecule has 2 nitrogen and oxygen atoms in total. The second-order valence-corrected chi connectivity index (χ2v) is 6.75. The van der Waals surface area contributed by atoms with E-state index >= 15 is 0 Å². The molecule has 0 spiro atoms. The van der Waals surface area contributed by atoms with Gasteiger partial charge in [0.2, 0.25) is 0 Å². The fourth-order valence-corrected chi connectivity index (χ4v) is 3.46. The molecule has 0 saturated heterocycles. The highest BCUT2D eigenvalue weighted by Crippen LogP contribution is 2.23. The highest BCUT2D eigenvalue weighted by Gasteiger charge is 2.16. The van der Waals surface area contributed by atoms with Crippen molar-refractivity contribution in [3.8, 4) is 0 Å². The molecule has 23 heavy (non-hydrogen) atoms. The molecule has 0 saturated carbocycles. The Morgan fingerprint density at radius 2 is 1.74 bits per heavy atom. The van der Waals surface area contributed by atoms with Crippen LogP contribution in [0.15, 0.2) is 36.4 Å². The summed E-state index contributed by atoms with van der Waals surface area (Å²) >= 11 is 0. The van der Waals surface area contributed by atoms with Crippen LogP contribution in [0.4, 0.5) is 0 Å². The van der Waals surface area contributed by atoms with Gasteiger partial charge in [-0.05, 0) is 80.8 Å². The lowest BCUT2D eigenvalue weighted by molar-refractivity contribution is 0.0939. The Morgan fingerprint density at radius 3 is 2.52 bits per heavy atom. The summed E-state index contributed by atoms with van der Waals surface area (Å²) in [6.07, 6.45) is 4.75. The van der Waals surface area contributed by atoms with Gasteiger partial charge in [0.25, 0.3) is 5.91 Å². The van der Waals surface area contributed by atoms with E-state index in [1.807, 2.05) is 6.07 Å². The Labute approximate surface area is 138 Å². The van der Waals surface area contributed by atoms with Crippen molar-refractivity contribution in [2.45, 2.75) is 52.5 Å². The number of rotatable bonds is 3. The Bertz CT molecular complexity index is 733. The molecular weight excluding hydrogens is 282 g/mol. The first-order valence-corrected chi connectivity index (χ1v) is 8.54. The number of aryl methyl sites for hydroxylation is 4. The van der Waals surface area contributed by atoms with Crippen molar-refractivity contribution >= 4 is 5.91 Å². The number of hydrogen-bond acceptors (Lipinski definition) is 1. The highest BCUT2D eigenvalue weighted by molar-refractivity contribution is 5.94. The second kappa shape index (κ2) is 6.57. The van der Waals surface area contributed by atoms with Crippen molar-refractivity contribution in [3.63, 3.8) is 0 Å². The van der Waals surface area contributed by atoms with Crippen molar-refractivity contribution < 1.29 is 4.79 Å². The number of hydrogen-bond donors (Lipinski definition) is 1. The molecule has 1 aliphatic rings. The van der Waals surface area contributed by atoms with E-state index in [0.29, 0.717) is 0 Å².